The van der Waals surface area contributed by atoms with Crippen molar-refractivity contribution in [1.82, 2.24) is 20.1 Å². The van der Waals surface area contributed by atoms with Crippen LogP contribution in [0.5, 0.6) is 0 Å². The second-order valence-electron chi connectivity index (χ2n) is 7.58. The Hall–Kier alpha value is -2.31. The molecule has 1 aliphatic heterocycles. The van der Waals surface area contributed by atoms with E-state index >= 15 is 0 Å². The summed E-state index contributed by atoms with van der Waals surface area (Å²) >= 11 is 0. The standard InChI is InChI=1S/C19H31N5O2/c1-12(2)20-17-15(18(25)23(5)6)11-14-7-9-24(10-8-16(14)22-17)19(26)21-13(3)4/h11-13H,7-10H2,1-6H3,(H,20,22)(H,21,26). The highest BCUT2D eigenvalue weighted by Crippen LogP contribution is 2.23. The van der Waals surface area contributed by atoms with Crippen LogP contribution in [0, 0.1) is 0 Å². The van der Waals surface area contributed by atoms with Gasteiger partial charge < -0.3 is 20.4 Å². The van der Waals surface area contributed by atoms with Crippen molar-refractivity contribution < 1.29 is 9.59 Å². The van der Waals surface area contributed by atoms with Crippen LogP contribution < -0.4 is 10.6 Å². The molecule has 2 N–H and O–H groups in total. The molecular formula is C19H31N5O2. The molecule has 1 aliphatic rings. The Morgan fingerprint density at radius 3 is 2.35 bits per heavy atom. The molecule has 0 atom stereocenters. The molecule has 0 saturated carbocycles. The predicted molar refractivity (Wildman–Crippen MR) is 104 cm³/mol. The number of nitrogens with one attached hydrogen (secondary N) is 2. The van der Waals surface area contributed by atoms with Crippen molar-refractivity contribution in [3.05, 3.63) is 22.9 Å². The van der Waals surface area contributed by atoms with Gasteiger partial charge in [0, 0.05) is 51.4 Å². The van der Waals surface area contributed by atoms with Crippen molar-refractivity contribution in [2.45, 2.75) is 52.6 Å². The number of amides is 3. The molecule has 0 aromatic carbocycles. The largest absolute Gasteiger partial charge is 0.367 e. The van der Waals surface area contributed by atoms with Crippen molar-refractivity contribution in [2.24, 2.45) is 0 Å². The van der Waals surface area contributed by atoms with Crippen molar-refractivity contribution in [3.63, 3.8) is 0 Å². The van der Waals surface area contributed by atoms with Gasteiger partial charge in [0.25, 0.3) is 5.91 Å². The summed E-state index contributed by atoms with van der Waals surface area (Å²) in [4.78, 5) is 33.0. The highest BCUT2D eigenvalue weighted by atomic mass is 16.2. The molecule has 1 aromatic rings. The van der Waals surface area contributed by atoms with E-state index in [1.807, 2.05) is 38.7 Å². The zero-order valence-electron chi connectivity index (χ0n) is 16.7. The Morgan fingerprint density at radius 1 is 1.12 bits per heavy atom. The van der Waals surface area contributed by atoms with E-state index in [0.717, 1.165) is 11.3 Å². The Kier molecular flexibility index (Phi) is 6.45. The van der Waals surface area contributed by atoms with E-state index < -0.39 is 0 Å². The Morgan fingerprint density at radius 2 is 1.77 bits per heavy atom. The van der Waals surface area contributed by atoms with E-state index in [9.17, 15) is 9.59 Å². The van der Waals surface area contributed by atoms with Crippen molar-refractivity contribution in [2.75, 3.05) is 32.5 Å². The number of fused-ring (bicyclic) bond motifs is 1. The number of rotatable bonds is 4. The molecule has 7 heteroatoms. The van der Waals surface area contributed by atoms with Crippen LogP contribution in [-0.2, 0) is 12.8 Å². The number of urea groups is 1. The predicted octanol–water partition coefficient (Wildman–Crippen LogP) is 2.12. The van der Waals surface area contributed by atoms with Crippen molar-refractivity contribution >= 4 is 17.8 Å². The SMILES string of the molecule is CC(C)NC(=O)N1CCc2cc(C(=O)N(C)C)c(NC(C)C)nc2CC1. The number of carbonyl (C=O) groups is 2. The highest BCUT2D eigenvalue weighted by molar-refractivity contribution is 5.98. The summed E-state index contributed by atoms with van der Waals surface area (Å²) in [7, 11) is 3.48. The van der Waals surface area contributed by atoms with Crippen LogP contribution in [0.25, 0.3) is 0 Å². The smallest absolute Gasteiger partial charge is 0.317 e. The summed E-state index contributed by atoms with van der Waals surface area (Å²) in [5.41, 5.74) is 2.59. The molecule has 2 rings (SSSR count). The Labute approximate surface area is 156 Å². The van der Waals surface area contributed by atoms with Crippen LogP contribution in [-0.4, -0.2) is 66.0 Å². The van der Waals surface area contributed by atoms with Gasteiger partial charge in [-0.15, -0.1) is 0 Å². The first kappa shape index (κ1) is 20.0. The number of hydrogen-bond acceptors (Lipinski definition) is 4. The van der Waals surface area contributed by atoms with Crippen LogP contribution in [0.2, 0.25) is 0 Å². The van der Waals surface area contributed by atoms with Crippen LogP contribution in [0.3, 0.4) is 0 Å². The molecule has 0 fully saturated rings. The molecule has 3 amide bonds. The minimum atomic E-state index is -0.0675. The molecule has 0 bridgehead atoms. The minimum absolute atomic E-state index is 0.0436. The quantitative estimate of drug-likeness (QED) is 0.861. The van der Waals surface area contributed by atoms with Gasteiger partial charge in [-0.1, -0.05) is 0 Å². The summed E-state index contributed by atoms with van der Waals surface area (Å²) in [6, 6.07) is 2.18. The van der Waals surface area contributed by atoms with Crippen LogP contribution >= 0.6 is 0 Å². The summed E-state index contributed by atoms with van der Waals surface area (Å²) in [6.07, 6.45) is 1.38. The van der Waals surface area contributed by atoms with Gasteiger partial charge in [-0.05, 0) is 45.7 Å². The van der Waals surface area contributed by atoms with Crippen molar-refractivity contribution in [3.8, 4) is 0 Å². The van der Waals surface area contributed by atoms with Gasteiger partial charge in [-0.3, -0.25) is 4.79 Å². The first-order valence-corrected chi connectivity index (χ1v) is 9.25. The van der Waals surface area contributed by atoms with Crippen molar-refractivity contribution in [1.29, 1.82) is 0 Å². The van der Waals surface area contributed by atoms with Gasteiger partial charge in [0.1, 0.15) is 5.82 Å². The average Bonchev–Trinajstić information content (AvgIpc) is 2.74. The lowest BCUT2D eigenvalue weighted by Crippen LogP contribution is -2.44. The third kappa shape index (κ3) is 4.86. The molecule has 0 radical (unpaired) electrons. The maximum absolute atomic E-state index is 12.6. The fourth-order valence-electron chi connectivity index (χ4n) is 2.96. The number of anilines is 1. The first-order chi connectivity index (χ1) is 12.2. The second-order valence-corrected chi connectivity index (χ2v) is 7.58. The third-order valence-corrected chi connectivity index (χ3v) is 4.22. The zero-order valence-corrected chi connectivity index (χ0v) is 16.7. The zero-order chi connectivity index (χ0) is 19.4. The Balaban J connectivity index is 2.30. The number of pyridine rings is 1. The molecular weight excluding hydrogens is 330 g/mol. The lowest BCUT2D eigenvalue weighted by Gasteiger charge is -2.22. The van der Waals surface area contributed by atoms with E-state index in [0.29, 0.717) is 37.3 Å². The van der Waals surface area contributed by atoms with Gasteiger partial charge in [-0.2, -0.15) is 0 Å². The normalized spacial score (nSPS) is 14.1. The second kappa shape index (κ2) is 8.38. The molecule has 0 spiro atoms. The lowest BCUT2D eigenvalue weighted by molar-refractivity contribution is 0.0828. The molecule has 0 aliphatic carbocycles. The van der Waals surface area contributed by atoms with E-state index in [-0.39, 0.29) is 24.0 Å². The van der Waals surface area contributed by atoms with Crippen LogP contribution in [0.15, 0.2) is 6.07 Å². The first-order valence-electron chi connectivity index (χ1n) is 9.25. The fourth-order valence-corrected chi connectivity index (χ4v) is 2.96. The molecule has 0 saturated heterocycles. The number of carbonyl (C=O) groups excluding carboxylic acids is 2. The maximum Gasteiger partial charge on any atom is 0.317 e. The van der Waals surface area contributed by atoms with Crippen LogP contribution in [0.4, 0.5) is 10.6 Å². The molecule has 26 heavy (non-hydrogen) atoms. The molecule has 1 aromatic heterocycles. The number of aromatic nitrogens is 1. The van der Waals surface area contributed by atoms with E-state index in [1.165, 1.54) is 0 Å². The monoisotopic (exact) mass is 361 g/mol. The van der Waals surface area contributed by atoms with Crippen LogP contribution in [0.1, 0.15) is 49.3 Å². The number of nitrogens with zero attached hydrogens (tertiary/aromatic N) is 3. The van der Waals surface area contributed by atoms with E-state index in [1.54, 1.807) is 19.0 Å². The van der Waals surface area contributed by atoms with E-state index in [2.05, 4.69) is 10.6 Å². The number of hydrogen-bond donors (Lipinski definition) is 2. The summed E-state index contributed by atoms with van der Waals surface area (Å²) < 4.78 is 0. The fraction of sp³-hybridized carbons (Fsp3) is 0.632. The topological polar surface area (TPSA) is 77.6 Å². The van der Waals surface area contributed by atoms with Gasteiger partial charge >= 0.3 is 6.03 Å². The highest BCUT2D eigenvalue weighted by Gasteiger charge is 2.24. The molecule has 0 unspecified atom stereocenters. The van der Waals surface area contributed by atoms with Gasteiger partial charge in [0.2, 0.25) is 0 Å². The summed E-state index contributed by atoms with van der Waals surface area (Å²) in [5, 5.41) is 6.23. The molecule has 144 valence electrons. The summed E-state index contributed by atoms with van der Waals surface area (Å²) in [5.74, 6) is 0.555. The minimum Gasteiger partial charge on any atom is -0.367 e. The Bertz CT molecular complexity index is 670. The van der Waals surface area contributed by atoms with Gasteiger partial charge in [0.05, 0.1) is 5.56 Å². The maximum atomic E-state index is 12.6. The average molecular weight is 361 g/mol. The third-order valence-electron chi connectivity index (χ3n) is 4.22. The lowest BCUT2D eigenvalue weighted by atomic mass is 10.0. The van der Waals surface area contributed by atoms with Gasteiger partial charge in [-0.25, -0.2) is 9.78 Å². The van der Waals surface area contributed by atoms with E-state index in [4.69, 9.17) is 4.98 Å². The summed E-state index contributed by atoms with van der Waals surface area (Å²) in [6.45, 7) is 9.20. The molecule has 2 heterocycles. The van der Waals surface area contributed by atoms with Gasteiger partial charge in [0.15, 0.2) is 0 Å². The molecule has 7 nitrogen and oxygen atoms in total.